The van der Waals surface area contributed by atoms with Gasteiger partial charge in [-0.1, -0.05) is 53.7 Å². The third-order valence-electron chi connectivity index (χ3n) is 2.87. The zero-order valence-electron chi connectivity index (χ0n) is 11.6. The SMILES string of the molecule is CC(C)(C)c1nc2c(C(C)(C)C)cccc2s1. The summed E-state index contributed by atoms with van der Waals surface area (Å²) in [5.74, 6) is 0. The van der Waals surface area contributed by atoms with Gasteiger partial charge in [0.2, 0.25) is 0 Å². The largest absolute Gasteiger partial charge is 0.240 e. The average Bonchev–Trinajstić information content (AvgIpc) is 2.57. The summed E-state index contributed by atoms with van der Waals surface area (Å²) in [6.07, 6.45) is 0. The average molecular weight is 247 g/mol. The van der Waals surface area contributed by atoms with Crippen molar-refractivity contribution in [1.82, 2.24) is 4.98 Å². The van der Waals surface area contributed by atoms with Gasteiger partial charge in [0.1, 0.15) is 0 Å². The Morgan fingerprint density at radius 2 is 1.59 bits per heavy atom. The van der Waals surface area contributed by atoms with Crippen LogP contribution in [0.3, 0.4) is 0 Å². The molecule has 1 aromatic carbocycles. The van der Waals surface area contributed by atoms with Crippen LogP contribution in [0.5, 0.6) is 0 Å². The summed E-state index contributed by atoms with van der Waals surface area (Å²) < 4.78 is 1.31. The summed E-state index contributed by atoms with van der Waals surface area (Å²) in [4.78, 5) is 4.87. The number of hydrogen-bond acceptors (Lipinski definition) is 2. The van der Waals surface area contributed by atoms with Gasteiger partial charge in [0, 0.05) is 5.41 Å². The van der Waals surface area contributed by atoms with E-state index in [4.69, 9.17) is 4.98 Å². The molecule has 0 aliphatic carbocycles. The van der Waals surface area contributed by atoms with Gasteiger partial charge < -0.3 is 0 Å². The summed E-state index contributed by atoms with van der Waals surface area (Å²) in [5.41, 5.74) is 2.83. The minimum Gasteiger partial charge on any atom is -0.240 e. The van der Waals surface area contributed by atoms with Crippen molar-refractivity contribution < 1.29 is 0 Å². The summed E-state index contributed by atoms with van der Waals surface area (Å²) in [7, 11) is 0. The minimum absolute atomic E-state index is 0.138. The maximum atomic E-state index is 4.87. The fraction of sp³-hybridized carbons (Fsp3) is 0.533. The van der Waals surface area contributed by atoms with Crippen molar-refractivity contribution in [2.75, 3.05) is 0 Å². The van der Waals surface area contributed by atoms with Crippen molar-refractivity contribution in [2.45, 2.75) is 52.4 Å². The molecular formula is C15H21NS. The standard InChI is InChI=1S/C15H21NS/c1-14(2,3)10-8-7-9-11-12(10)16-13(17-11)15(4,5)6/h7-9H,1-6H3. The summed E-state index contributed by atoms with van der Waals surface area (Å²) >= 11 is 1.82. The Morgan fingerprint density at radius 3 is 2.12 bits per heavy atom. The Balaban J connectivity index is 2.70. The van der Waals surface area contributed by atoms with Crippen molar-refractivity contribution >= 4 is 21.6 Å². The molecule has 0 atom stereocenters. The quantitative estimate of drug-likeness (QED) is 0.646. The second kappa shape index (κ2) is 3.81. The lowest BCUT2D eigenvalue weighted by atomic mass is 9.86. The zero-order chi connectivity index (χ0) is 12.8. The van der Waals surface area contributed by atoms with Gasteiger partial charge in [-0.15, -0.1) is 11.3 Å². The third kappa shape index (κ3) is 2.37. The van der Waals surface area contributed by atoms with Crippen LogP contribution in [0.25, 0.3) is 10.2 Å². The van der Waals surface area contributed by atoms with Gasteiger partial charge in [-0.25, -0.2) is 4.98 Å². The van der Waals surface area contributed by atoms with E-state index in [0.29, 0.717) is 0 Å². The highest BCUT2D eigenvalue weighted by atomic mass is 32.1. The lowest BCUT2D eigenvalue weighted by Gasteiger charge is -2.19. The highest BCUT2D eigenvalue weighted by molar-refractivity contribution is 7.18. The summed E-state index contributed by atoms with van der Waals surface area (Å²) in [5, 5.41) is 1.23. The first kappa shape index (κ1) is 12.6. The van der Waals surface area contributed by atoms with E-state index < -0.39 is 0 Å². The molecule has 1 nitrogen and oxygen atoms in total. The molecule has 1 aromatic heterocycles. The molecule has 0 N–H and O–H groups in total. The van der Waals surface area contributed by atoms with Crippen LogP contribution in [-0.4, -0.2) is 4.98 Å². The number of nitrogens with zero attached hydrogens (tertiary/aromatic N) is 1. The molecule has 0 spiro atoms. The van der Waals surface area contributed by atoms with Crippen molar-refractivity contribution in [3.05, 3.63) is 28.8 Å². The molecule has 0 fully saturated rings. The topological polar surface area (TPSA) is 12.9 Å². The predicted octanol–water partition coefficient (Wildman–Crippen LogP) is 4.89. The Bertz CT molecular complexity index is 538. The molecule has 2 rings (SSSR count). The van der Waals surface area contributed by atoms with Crippen molar-refractivity contribution in [3.8, 4) is 0 Å². The fourth-order valence-electron chi connectivity index (χ4n) is 1.87. The van der Waals surface area contributed by atoms with E-state index in [-0.39, 0.29) is 10.8 Å². The molecule has 0 amide bonds. The molecule has 0 unspecified atom stereocenters. The lowest BCUT2D eigenvalue weighted by Crippen LogP contribution is -2.13. The normalized spacial score (nSPS) is 13.3. The van der Waals surface area contributed by atoms with Crippen LogP contribution < -0.4 is 0 Å². The number of fused-ring (bicyclic) bond motifs is 1. The number of benzene rings is 1. The minimum atomic E-state index is 0.138. The number of thiazole rings is 1. The Labute approximate surface area is 108 Å². The number of hydrogen-bond donors (Lipinski definition) is 0. The number of rotatable bonds is 0. The van der Waals surface area contributed by atoms with E-state index in [1.54, 1.807) is 0 Å². The molecule has 2 aromatic rings. The van der Waals surface area contributed by atoms with Gasteiger partial charge in [0.25, 0.3) is 0 Å². The summed E-state index contributed by atoms with van der Waals surface area (Å²) in [6.45, 7) is 13.4. The molecule has 92 valence electrons. The van der Waals surface area contributed by atoms with Crippen molar-refractivity contribution in [3.63, 3.8) is 0 Å². The number of para-hydroxylation sites is 1. The van der Waals surface area contributed by atoms with E-state index in [2.05, 4.69) is 59.7 Å². The Morgan fingerprint density at radius 1 is 0.941 bits per heavy atom. The first-order valence-electron chi connectivity index (χ1n) is 6.10. The number of aromatic nitrogens is 1. The van der Waals surface area contributed by atoms with Gasteiger partial charge in [0.05, 0.1) is 15.2 Å². The maximum Gasteiger partial charge on any atom is 0.0992 e. The molecule has 1 heterocycles. The monoisotopic (exact) mass is 247 g/mol. The molecule has 2 heteroatoms. The van der Waals surface area contributed by atoms with Crippen LogP contribution in [0.1, 0.15) is 52.1 Å². The van der Waals surface area contributed by atoms with Crippen molar-refractivity contribution in [2.24, 2.45) is 0 Å². The Hall–Kier alpha value is -0.890. The van der Waals surface area contributed by atoms with Crippen LogP contribution in [-0.2, 0) is 10.8 Å². The smallest absolute Gasteiger partial charge is 0.0992 e. The fourth-order valence-corrected chi connectivity index (χ4v) is 2.92. The lowest BCUT2D eigenvalue weighted by molar-refractivity contribution is 0.581. The molecule has 17 heavy (non-hydrogen) atoms. The Kier molecular flexibility index (Phi) is 2.81. The summed E-state index contributed by atoms with van der Waals surface area (Å²) in [6, 6.07) is 6.53. The third-order valence-corrected chi connectivity index (χ3v) is 4.31. The van der Waals surface area contributed by atoms with Crippen LogP contribution in [0, 0.1) is 0 Å². The first-order valence-corrected chi connectivity index (χ1v) is 6.92. The van der Waals surface area contributed by atoms with E-state index in [1.807, 2.05) is 11.3 Å². The molecule has 0 saturated heterocycles. The second-order valence-electron chi connectivity index (χ2n) is 6.67. The van der Waals surface area contributed by atoms with Gasteiger partial charge >= 0.3 is 0 Å². The molecular weight excluding hydrogens is 226 g/mol. The van der Waals surface area contributed by atoms with Gasteiger partial charge in [0.15, 0.2) is 0 Å². The van der Waals surface area contributed by atoms with E-state index in [9.17, 15) is 0 Å². The van der Waals surface area contributed by atoms with E-state index in [0.717, 1.165) is 0 Å². The second-order valence-corrected chi connectivity index (χ2v) is 7.70. The van der Waals surface area contributed by atoms with E-state index in [1.165, 1.54) is 20.8 Å². The molecule has 0 bridgehead atoms. The van der Waals surface area contributed by atoms with Crippen LogP contribution in [0.2, 0.25) is 0 Å². The molecule has 0 saturated carbocycles. The first-order chi connectivity index (χ1) is 7.69. The zero-order valence-corrected chi connectivity index (χ0v) is 12.4. The van der Waals surface area contributed by atoms with Crippen LogP contribution >= 0.6 is 11.3 Å². The van der Waals surface area contributed by atoms with Gasteiger partial charge in [-0.05, 0) is 17.0 Å². The van der Waals surface area contributed by atoms with Gasteiger partial charge in [-0.2, -0.15) is 0 Å². The van der Waals surface area contributed by atoms with Gasteiger partial charge in [-0.3, -0.25) is 0 Å². The van der Waals surface area contributed by atoms with Crippen LogP contribution in [0.15, 0.2) is 18.2 Å². The molecule has 0 aliphatic heterocycles. The maximum absolute atomic E-state index is 4.87. The predicted molar refractivity (Wildman–Crippen MR) is 77.0 cm³/mol. The highest BCUT2D eigenvalue weighted by Gasteiger charge is 2.23. The molecule has 0 aliphatic rings. The highest BCUT2D eigenvalue weighted by Crippen LogP contribution is 2.36. The van der Waals surface area contributed by atoms with Crippen LogP contribution in [0.4, 0.5) is 0 Å². The molecule has 0 radical (unpaired) electrons. The van der Waals surface area contributed by atoms with Crippen molar-refractivity contribution in [1.29, 1.82) is 0 Å². The van der Waals surface area contributed by atoms with E-state index >= 15 is 0 Å².